The number of Topliss-reactive ketones (excluding diaryl/α,β-unsaturated/α-hetero) is 2. The predicted molar refractivity (Wildman–Crippen MR) is 87.0 cm³/mol. The van der Waals surface area contributed by atoms with Crippen molar-refractivity contribution in [3.63, 3.8) is 0 Å². The maximum atomic E-state index is 12.5. The topological polar surface area (TPSA) is 112 Å². The molecule has 0 radical (unpaired) electrons. The van der Waals surface area contributed by atoms with Crippen LogP contribution in [0.4, 0.5) is 0 Å². The molecule has 0 spiro atoms. The largest absolute Gasteiger partial charge is 0.497 e. The summed E-state index contributed by atoms with van der Waals surface area (Å²) in [6.45, 7) is 0. The molecule has 0 aromatic heterocycles. The molecule has 0 amide bonds. The number of rotatable bonds is 7. The van der Waals surface area contributed by atoms with Crippen molar-refractivity contribution in [1.82, 2.24) is 0 Å². The van der Waals surface area contributed by atoms with Crippen LogP contribution in [0.25, 0.3) is 10.4 Å². The summed E-state index contributed by atoms with van der Waals surface area (Å²) in [5.74, 6) is -0.783. The van der Waals surface area contributed by atoms with Crippen LogP contribution >= 0.6 is 0 Å². The SMILES string of the molecule is COc1ccc(C(=O)[C@H](N=[N+]=[N-])[C@@H](O)C(=O)c2ccccc2)cc1. The van der Waals surface area contributed by atoms with Crippen LogP contribution in [-0.4, -0.2) is 35.9 Å². The lowest BCUT2D eigenvalue weighted by Crippen LogP contribution is -2.38. The van der Waals surface area contributed by atoms with Gasteiger partial charge < -0.3 is 9.84 Å². The number of ether oxygens (including phenoxy) is 1. The van der Waals surface area contributed by atoms with Gasteiger partial charge in [-0.2, -0.15) is 0 Å². The lowest BCUT2D eigenvalue weighted by molar-refractivity contribution is 0.0635. The van der Waals surface area contributed by atoms with Crippen molar-refractivity contribution in [2.45, 2.75) is 12.1 Å². The smallest absolute Gasteiger partial charge is 0.192 e. The van der Waals surface area contributed by atoms with Gasteiger partial charge in [-0.1, -0.05) is 35.4 Å². The van der Waals surface area contributed by atoms with Gasteiger partial charge >= 0.3 is 0 Å². The lowest BCUT2D eigenvalue weighted by Gasteiger charge is -2.16. The molecule has 0 aliphatic carbocycles. The van der Waals surface area contributed by atoms with Crippen molar-refractivity contribution in [3.05, 3.63) is 76.2 Å². The number of carbonyl (C=O) groups is 2. The Bertz CT molecular complexity index is 768. The lowest BCUT2D eigenvalue weighted by atomic mass is 9.95. The normalized spacial score (nSPS) is 12.6. The van der Waals surface area contributed by atoms with E-state index in [2.05, 4.69) is 10.0 Å². The van der Waals surface area contributed by atoms with Gasteiger partial charge in [0.25, 0.3) is 0 Å². The van der Waals surface area contributed by atoms with E-state index in [1.54, 1.807) is 30.3 Å². The molecule has 122 valence electrons. The number of nitrogens with zero attached hydrogens (tertiary/aromatic N) is 3. The van der Waals surface area contributed by atoms with Crippen LogP contribution in [0.2, 0.25) is 0 Å². The molecular weight excluding hydrogens is 310 g/mol. The quantitative estimate of drug-likeness (QED) is 0.365. The van der Waals surface area contributed by atoms with E-state index < -0.39 is 23.7 Å². The summed E-state index contributed by atoms with van der Waals surface area (Å²) in [4.78, 5) is 27.4. The zero-order valence-corrected chi connectivity index (χ0v) is 12.9. The molecule has 0 aliphatic rings. The fourth-order valence-electron chi connectivity index (χ4n) is 2.16. The van der Waals surface area contributed by atoms with Gasteiger partial charge in [0.05, 0.1) is 7.11 Å². The van der Waals surface area contributed by atoms with Crippen LogP contribution in [0.1, 0.15) is 20.7 Å². The van der Waals surface area contributed by atoms with Crippen LogP contribution in [0.5, 0.6) is 5.75 Å². The molecule has 2 atom stereocenters. The number of hydrogen-bond donors (Lipinski definition) is 1. The molecule has 0 unspecified atom stereocenters. The number of aliphatic hydroxyl groups is 1. The minimum Gasteiger partial charge on any atom is -0.497 e. The minimum atomic E-state index is -1.77. The van der Waals surface area contributed by atoms with E-state index in [-0.39, 0.29) is 11.1 Å². The predicted octanol–water partition coefficient (Wildman–Crippen LogP) is 2.80. The molecular formula is C17H15N3O4. The van der Waals surface area contributed by atoms with E-state index in [0.717, 1.165) is 0 Å². The van der Waals surface area contributed by atoms with Gasteiger partial charge in [-0.3, -0.25) is 9.59 Å². The molecule has 0 bridgehead atoms. The molecule has 0 saturated carbocycles. The van der Waals surface area contributed by atoms with Crippen molar-refractivity contribution in [2.24, 2.45) is 5.11 Å². The maximum Gasteiger partial charge on any atom is 0.192 e. The van der Waals surface area contributed by atoms with Crippen LogP contribution < -0.4 is 4.74 Å². The van der Waals surface area contributed by atoms with E-state index in [1.807, 2.05) is 0 Å². The monoisotopic (exact) mass is 325 g/mol. The van der Waals surface area contributed by atoms with Crippen molar-refractivity contribution in [2.75, 3.05) is 7.11 Å². The highest BCUT2D eigenvalue weighted by atomic mass is 16.5. The second-order valence-electron chi connectivity index (χ2n) is 4.92. The second-order valence-corrected chi connectivity index (χ2v) is 4.92. The van der Waals surface area contributed by atoms with Crippen LogP contribution in [0, 0.1) is 0 Å². The fourth-order valence-corrected chi connectivity index (χ4v) is 2.16. The van der Waals surface area contributed by atoms with E-state index in [0.29, 0.717) is 5.75 Å². The third kappa shape index (κ3) is 3.78. The molecule has 2 aromatic rings. The third-order valence-electron chi connectivity index (χ3n) is 3.45. The summed E-state index contributed by atoms with van der Waals surface area (Å²) >= 11 is 0. The Morgan fingerprint density at radius 1 is 1.04 bits per heavy atom. The molecule has 0 aliphatic heterocycles. The zero-order valence-electron chi connectivity index (χ0n) is 12.9. The summed E-state index contributed by atoms with van der Waals surface area (Å²) in [6, 6.07) is 12.5. The van der Waals surface area contributed by atoms with E-state index >= 15 is 0 Å². The molecule has 0 saturated heterocycles. The number of carbonyl (C=O) groups excluding carboxylic acids is 2. The number of aliphatic hydroxyl groups excluding tert-OH is 1. The van der Waals surface area contributed by atoms with Crippen LogP contribution in [-0.2, 0) is 0 Å². The van der Waals surface area contributed by atoms with E-state index in [4.69, 9.17) is 10.3 Å². The number of hydrogen-bond acceptors (Lipinski definition) is 5. The van der Waals surface area contributed by atoms with Gasteiger partial charge in [0.1, 0.15) is 17.9 Å². The number of ketones is 2. The Morgan fingerprint density at radius 3 is 2.17 bits per heavy atom. The number of benzene rings is 2. The first-order valence-corrected chi connectivity index (χ1v) is 7.08. The van der Waals surface area contributed by atoms with Gasteiger partial charge in [0.15, 0.2) is 11.6 Å². The van der Waals surface area contributed by atoms with E-state index in [1.165, 1.54) is 31.4 Å². The third-order valence-corrected chi connectivity index (χ3v) is 3.45. The van der Waals surface area contributed by atoms with Gasteiger partial charge in [-0.05, 0) is 29.8 Å². The summed E-state index contributed by atoms with van der Waals surface area (Å²) in [5.41, 5.74) is 9.11. The summed E-state index contributed by atoms with van der Waals surface area (Å²) in [7, 11) is 1.49. The molecule has 0 fully saturated rings. The first-order valence-electron chi connectivity index (χ1n) is 7.08. The highest BCUT2D eigenvalue weighted by molar-refractivity contribution is 6.08. The number of azide groups is 1. The highest BCUT2D eigenvalue weighted by Gasteiger charge is 2.32. The molecule has 0 heterocycles. The summed E-state index contributed by atoms with van der Waals surface area (Å²) in [5, 5.41) is 13.6. The Balaban J connectivity index is 2.28. The second kappa shape index (κ2) is 7.92. The molecule has 2 rings (SSSR count). The average Bonchev–Trinajstić information content (AvgIpc) is 2.65. The fraction of sp³-hybridized carbons (Fsp3) is 0.176. The Hall–Kier alpha value is -3.15. The van der Waals surface area contributed by atoms with Crippen molar-refractivity contribution < 1.29 is 19.4 Å². The summed E-state index contributed by atoms with van der Waals surface area (Å²) in [6.07, 6.45) is -1.77. The van der Waals surface area contributed by atoms with Gasteiger partial charge in [0.2, 0.25) is 0 Å². The van der Waals surface area contributed by atoms with Gasteiger partial charge in [-0.15, -0.1) is 0 Å². The zero-order chi connectivity index (χ0) is 17.5. The maximum absolute atomic E-state index is 12.5. The van der Waals surface area contributed by atoms with Crippen molar-refractivity contribution in [1.29, 1.82) is 0 Å². The van der Waals surface area contributed by atoms with Gasteiger partial charge in [-0.25, -0.2) is 0 Å². The average molecular weight is 325 g/mol. The van der Waals surface area contributed by atoms with Crippen LogP contribution in [0.15, 0.2) is 59.7 Å². The molecule has 1 N–H and O–H groups in total. The summed E-state index contributed by atoms with van der Waals surface area (Å²) < 4.78 is 5.00. The first-order chi connectivity index (χ1) is 11.6. The molecule has 2 aromatic carbocycles. The van der Waals surface area contributed by atoms with Crippen molar-refractivity contribution >= 4 is 11.6 Å². The Labute approximate surface area is 138 Å². The van der Waals surface area contributed by atoms with Crippen LogP contribution in [0.3, 0.4) is 0 Å². The molecule has 7 heteroatoms. The van der Waals surface area contributed by atoms with Crippen molar-refractivity contribution in [3.8, 4) is 5.75 Å². The first kappa shape index (κ1) is 17.2. The Kier molecular flexibility index (Phi) is 5.68. The molecule has 24 heavy (non-hydrogen) atoms. The number of methoxy groups -OCH3 is 1. The molecule has 7 nitrogen and oxygen atoms in total. The van der Waals surface area contributed by atoms with E-state index in [9.17, 15) is 14.7 Å². The standard InChI is InChI=1S/C17H15N3O4/c1-24-13-9-7-12(8-10-13)15(21)14(19-20-18)17(23)16(22)11-5-3-2-4-6-11/h2-10,14,17,23H,1H3/t14-,17+/m0/s1. The highest BCUT2D eigenvalue weighted by Crippen LogP contribution is 2.17. The Morgan fingerprint density at radius 2 is 1.62 bits per heavy atom. The minimum absolute atomic E-state index is 0.202. The van der Waals surface area contributed by atoms with Gasteiger partial charge in [0, 0.05) is 16.0 Å².